The molecule has 0 spiro atoms. The van der Waals surface area contributed by atoms with Crippen LogP contribution in [0.2, 0.25) is 0 Å². The summed E-state index contributed by atoms with van der Waals surface area (Å²) < 4.78 is 5.77. The standard InChI is InChI=1S/C25H24N2O3/c28-24-15-21(17-27(24)16-19-7-3-1-4-8-19)25(29)26-22-11-13-23(14-12-22)30-18-20-9-5-2-6-10-20/h1-14,21H,15-18H2,(H,26,29)/t21-/m0/s1. The predicted octanol–water partition coefficient (Wildman–Crippen LogP) is 4.25. The molecule has 0 saturated carbocycles. The van der Waals surface area contributed by atoms with E-state index in [0.717, 1.165) is 16.9 Å². The van der Waals surface area contributed by atoms with E-state index in [4.69, 9.17) is 4.74 Å². The first-order valence-electron chi connectivity index (χ1n) is 10.1. The molecule has 1 aliphatic heterocycles. The monoisotopic (exact) mass is 400 g/mol. The number of nitrogens with zero attached hydrogens (tertiary/aromatic N) is 1. The molecule has 3 aromatic carbocycles. The van der Waals surface area contributed by atoms with Crippen molar-refractivity contribution in [1.29, 1.82) is 0 Å². The van der Waals surface area contributed by atoms with Crippen molar-refractivity contribution in [2.45, 2.75) is 19.6 Å². The third kappa shape index (κ3) is 5.06. The van der Waals surface area contributed by atoms with Crippen LogP contribution in [0.1, 0.15) is 17.5 Å². The van der Waals surface area contributed by atoms with Crippen LogP contribution in [-0.2, 0) is 22.7 Å². The molecule has 30 heavy (non-hydrogen) atoms. The van der Waals surface area contributed by atoms with E-state index in [-0.39, 0.29) is 24.2 Å². The minimum absolute atomic E-state index is 0.0173. The third-order valence-electron chi connectivity index (χ3n) is 5.17. The van der Waals surface area contributed by atoms with Crippen molar-refractivity contribution >= 4 is 17.5 Å². The summed E-state index contributed by atoms with van der Waals surface area (Å²) >= 11 is 0. The quantitative estimate of drug-likeness (QED) is 0.645. The van der Waals surface area contributed by atoms with Gasteiger partial charge in [0.2, 0.25) is 11.8 Å². The molecule has 1 saturated heterocycles. The molecule has 1 aliphatic rings. The predicted molar refractivity (Wildman–Crippen MR) is 116 cm³/mol. The lowest BCUT2D eigenvalue weighted by Crippen LogP contribution is -2.28. The summed E-state index contributed by atoms with van der Waals surface area (Å²) in [7, 11) is 0. The average Bonchev–Trinajstić information content (AvgIpc) is 3.15. The van der Waals surface area contributed by atoms with Crippen LogP contribution in [0.25, 0.3) is 0 Å². The van der Waals surface area contributed by atoms with E-state index in [1.54, 1.807) is 4.90 Å². The van der Waals surface area contributed by atoms with Crippen molar-refractivity contribution in [1.82, 2.24) is 4.90 Å². The van der Waals surface area contributed by atoms with Crippen LogP contribution in [0.5, 0.6) is 5.75 Å². The summed E-state index contributed by atoms with van der Waals surface area (Å²) in [5, 5.41) is 2.92. The van der Waals surface area contributed by atoms with E-state index in [0.29, 0.717) is 25.4 Å². The molecular formula is C25H24N2O3. The molecule has 0 radical (unpaired) electrons. The van der Waals surface area contributed by atoms with Crippen LogP contribution in [0.3, 0.4) is 0 Å². The molecule has 4 rings (SSSR count). The lowest BCUT2D eigenvalue weighted by atomic mass is 10.1. The third-order valence-corrected chi connectivity index (χ3v) is 5.17. The number of amides is 2. The summed E-state index contributed by atoms with van der Waals surface area (Å²) in [6, 6.07) is 27.1. The maximum absolute atomic E-state index is 12.6. The van der Waals surface area contributed by atoms with Crippen molar-refractivity contribution in [2.24, 2.45) is 5.92 Å². The average molecular weight is 400 g/mol. The van der Waals surface area contributed by atoms with Gasteiger partial charge in [0, 0.05) is 25.2 Å². The van der Waals surface area contributed by atoms with Crippen LogP contribution < -0.4 is 10.1 Å². The Morgan fingerprint density at radius 2 is 1.53 bits per heavy atom. The summed E-state index contributed by atoms with van der Waals surface area (Å²) in [5.41, 5.74) is 2.86. The molecule has 1 heterocycles. The second-order valence-electron chi connectivity index (χ2n) is 7.45. The normalized spacial score (nSPS) is 15.8. The Bertz CT molecular complexity index is 988. The van der Waals surface area contributed by atoms with Gasteiger partial charge < -0.3 is 15.0 Å². The maximum atomic E-state index is 12.6. The number of likely N-dealkylation sites (tertiary alicyclic amines) is 1. The largest absolute Gasteiger partial charge is 0.489 e. The zero-order chi connectivity index (χ0) is 20.8. The van der Waals surface area contributed by atoms with Gasteiger partial charge in [-0.05, 0) is 35.4 Å². The molecule has 1 fully saturated rings. The van der Waals surface area contributed by atoms with Gasteiger partial charge in [0.15, 0.2) is 0 Å². The van der Waals surface area contributed by atoms with Gasteiger partial charge >= 0.3 is 0 Å². The van der Waals surface area contributed by atoms with Crippen molar-refractivity contribution in [3.63, 3.8) is 0 Å². The molecule has 1 atom stereocenters. The van der Waals surface area contributed by atoms with Gasteiger partial charge in [0.05, 0.1) is 5.92 Å². The molecule has 152 valence electrons. The molecule has 0 bridgehead atoms. The van der Waals surface area contributed by atoms with Gasteiger partial charge in [0.1, 0.15) is 12.4 Å². The minimum Gasteiger partial charge on any atom is -0.489 e. The van der Waals surface area contributed by atoms with E-state index in [1.807, 2.05) is 84.9 Å². The highest BCUT2D eigenvalue weighted by Gasteiger charge is 2.34. The van der Waals surface area contributed by atoms with Gasteiger partial charge in [-0.2, -0.15) is 0 Å². The molecule has 5 nitrogen and oxygen atoms in total. The Kier molecular flexibility index (Phi) is 6.09. The van der Waals surface area contributed by atoms with Gasteiger partial charge in [-0.1, -0.05) is 60.7 Å². The Morgan fingerprint density at radius 3 is 2.20 bits per heavy atom. The van der Waals surface area contributed by atoms with Crippen LogP contribution in [0.15, 0.2) is 84.9 Å². The molecule has 3 aromatic rings. The fraction of sp³-hybridized carbons (Fsp3) is 0.200. The first kappa shape index (κ1) is 19.7. The molecule has 0 aliphatic carbocycles. The number of ether oxygens (including phenoxy) is 1. The first-order chi connectivity index (χ1) is 14.7. The maximum Gasteiger partial charge on any atom is 0.229 e. The van der Waals surface area contributed by atoms with Crippen LogP contribution in [0, 0.1) is 5.92 Å². The molecule has 2 amide bonds. The summed E-state index contributed by atoms with van der Waals surface area (Å²) in [6.07, 6.45) is 0.247. The number of hydrogen-bond acceptors (Lipinski definition) is 3. The van der Waals surface area contributed by atoms with E-state index in [1.165, 1.54) is 0 Å². The van der Waals surface area contributed by atoms with Crippen LogP contribution in [-0.4, -0.2) is 23.3 Å². The second-order valence-corrected chi connectivity index (χ2v) is 7.45. The Hall–Kier alpha value is -3.60. The Balaban J connectivity index is 1.29. The Labute approximate surface area is 176 Å². The number of benzene rings is 3. The van der Waals surface area contributed by atoms with Crippen molar-refractivity contribution < 1.29 is 14.3 Å². The zero-order valence-electron chi connectivity index (χ0n) is 16.7. The zero-order valence-corrected chi connectivity index (χ0v) is 16.7. The van der Waals surface area contributed by atoms with E-state index in [2.05, 4.69) is 5.32 Å². The van der Waals surface area contributed by atoms with Crippen LogP contribution in [0.4, 0.5) is 5.69 Å². The molecule has 1 N–H and O–H groups in total. The van der Waals surface area contributed by atoms with E-state index >= 15 is 0 Å². The lowest BCUT2D eigenvalue weighted by molar-refractivity contribution is -0.128. The molecule has 0 unspecified atom stereocenters. The highest BCUT2D eigenvalue weighted by molar-refractivity contribution is 5.97. The van der Waals surface area contributed by atoms with Gasteiger partial charge in [-0.25, -0.2) is 0 Å². The van der Waals surface area contributed by atoms with Crippen molar-refractivity contribution in [2.75, 3.05) is 11.9 Å². The topological polar surface area (TPSA) is 58.6 Å². The van der Waals surface area contributed by atoms with Crippen LogP contribution >= 0.6 is 0 Å². The number of carbonyl (C=O) groups is 2. The highest BCUT2D eigenvalue weighted by Crippen LogP contribution is 2.23. The second kappa shape index (κ2) is 9.27. The molecular weight excluding hydrogens is 376 g/mol. The van der Waals surface area contributed by atoms with Crippen molar-refractivity contribution in [3.05, 3.63) is 96.1 Å². The van der Waals surface area contributed by atoms with Crippen molar-refractivity contribution in [3.8, 4) is 5.75 Å². The number of rotatable bonds is 7. The van der Waals surface area contributed by atoms with E-state index < -0.39 is 0 Å². The fourth-order valence-corrected chi connectivity index (χ4v) is 3.52. The summed E-state index contributed by atoms with van der Waals surface area (Å²) in [4.78, 5) is 26.7. The van der Waals surface area contributed by atoms with Gasteiger partial charge in [-0.15, -0.1) is 0 Å². The minimum atomic E-state index is -0.338. The summed E-state index contributed by atoms with van der Waals surface area (Å²) in [5.74, 6) is 0.290. The Morgan fingerprint density at radius 1 is 0.900 bits per heavy atom. The highest BCUT2D eigenvalue weighted by atomic mass is 16.5. The SMILES string of the molecule is O=C(Nc1ccc(OCc2ccccc2)cc1)[C@H]1CC(=O)N(Cc2ccccc2)C1. The summed E-state index contributed by atoms with van der Waals surface area (Å²) in [6.45, 7) is 1.47. The lowest BCUT2D eigenvalue weighted by Gasteiger charge is -2.16. The number of nitrogens with one attached hydrogen (secondary N) is 1. The smallest absolute Gasteiger partial charge is 0.229 e. The number of anilines is 1. The number of carbonyl (C=O) groups excluding carboxylic acids is 2. The number of hydrogen-bond donors (Lipinski definition) is 1. The van der Waals surface area contributed by atoms with Gasteiger partial charge in [0.25, 0.3) is 0 Å². The van der Waals surface area contributed by atoms with Gasteiger partial charge in [-0.3, -0.25) is 9.59 Å². The van der Waals surface area contributed by atoms with E-state index in [9.17, 15) is 9.59 Å². The molecule has 0 aromatic heterocycles. The molecule has 5 heteroatoms. The first-order valence-corrected chi connectivity index (χ1v) is 10.1. The fourth-order valence-electron chi connectivity index (χ4n) is 3.52.